The van der Waals surface area contributed by atoms with Crippen LogP contribution >= 0.6 is 0 Å². The van der Waals surface area contributed by atoms with Gasteiger partial charge in [-0.2, -0.15) is 0 Å². The minimum atomic E-state index is -0.660. The van der Waals surface area contributed by atoms with Crippen LogP contribution in [-0.2, 0) is 4.79 Å². The molecular weight excluding hydrogens is 166 g/mol. The van der Waals surface area contributed by atoms with Crippen LogP contribution in [0.15, 0.2) is 0 Å². The minimum absolute atomic E-state index is 0.0392. The fourth-order valence-corrected chi connectivity index (χ4v) is 1.95. The number of carboxylic acid groups (broad SMARTS) is 1. The zero-order chi connectivity index (χ0) is 9.90. The van der Waals surface area contributed by atoms with E-state index >= 15 is 0 Å². The van der Waals surface area contributed by atoms with Gasteiger partial charge in [0.1, 0.15) is 0 Å². The Bertz CT molecular complexity index is 183. The minimum Gasteiger partial charge on any atom is -0.481 e. The molecular formula is C10H19NO2. The molecule has 3 heteroatoms. The van der Waals surface area contributed by atoms with Crippen molar-refractivity contribution in [3.05, 3.63) is 0 Å². The topological polar surface area (TPSA) is 40.5 Å². The quantitative estimate of drug-likeness (QED) is 0.725. The molecule has 1 heterocycles. The van der Waals surface area contributed by atoms with Gasteiger partial charge in [-0.1, -0.05) is 13.8 Å². The molecule has 0 atom stereocenters. The van der Waals surface area contributed by atoms with E-state index in [4.69, 9.17) is 5.11 Å². The highest BCUT2D eigenvalue weighted by molar-refractivity contribution is 5.67. The van der Waals surface area contributed by atoms with E-state index in [1.54, 1.807) is 0 Å². The molecule has 0 saturated carbocycles. The van der Waals surface area contributed by atoms with Crippen LogP contribution in [0.1, 0.15) is 33.1 Å². The highest BCUT2D eigenvalue weighted by Gasteiger charge is 2.31. The van der Waals surface area contributed by atoms with Gasteiger partial charge in [0, 0.05) is 0 Å². The second-order valence-corrected chi connectivity index (χ2v) is 4.32. The van der Waals surface area contributed by atoms with E-state index in [9.17, 15) is 4.79 Å². The molecule has 13 heavy (non-hydrogen) atoms. The summed E-state index contributed by atoms with van der Waals surface area (Å²) >= 11 is 0. The van der Waals surface area contributed by atoms with E-state index in [2.05, 4.69) is 18.7 Å². The van der Waals surface area contributed by atoms with Gasteiger partial charge < -0.3 is 10.0 Å². The van der Waals surface area contributed by atoms with Crippen LogP contribution in [0, 0.1) is 5.41 Å². The van der Waals surface area contributed by atoms with Crippen LogP contribution < -0.4 is 0 Å². The van der Waals surface area contributed by atoms with Crippen molar-refractivity contribution in [1.29, 1.82) is 0 Å². The lowest BCUT2D eigenvalue weighted by Gasteiger charge is -2.38. The predicted molar refractivity (Wildman–Crippen MR) is 51.7 cm³/mol. The molecule has 0 bridgehead atoms. The zero-order valence-electron chi connectivity index (χ0n) is 8.55. The van der Waals surface area contributed by atoms with Crippen LogP contribution in [0.5, 0.6) is 0 Å². The lowest BCUT2D eigenvalue weighted by Crippen LogP contribution is -2.39. The molecule has 76 valence electrons. The largest absolute Gasteiger partial charge is 0.481 e. The highest BCUT2D eigenvalue weighted by atomic mass is 16.4. The van der Waals surface area contributed by atoms with Crippen LogP contribution in [-0.4, -0.2) is 35.6 Å². The molecule has 1 rings (SSSR count). The van der Waals surface area contributed by atoms with Crippen LogP contribution in [0.4, 0.5) is 0 Å². The van der Waals surface area contributed by atoms with Gasteiger partial charge in [-0.15, -0.1) is 0 Å². The Hall–Kier alpha value is -0.570. The lowest BCUT2D eigenvalue weighted by atomic mass is 9.77. The van der Waals surface area contributed by atoms with Gasteiger partial charge in [0.25, 0.3) is 0 Å². The molecule has 0 aromatic carbocycles. The smallest absolute Gasteiger partial charge is 0.303 e. The Balaban J connectivity index is 2.41. The SMILES string of the molecule is CCN1CCC(C)(CC(=O)O)CC1. The Labute approximate surface area is 79.7 Å². The van der Waals surface area contributed by atoms with Gasteiger partial charge >= 0.3 is 5.97 Å². The van der Waals surface area contributed by atoms with E-state index in [0.717, 1.165) is 32.5 Å². The molecule has 1 N–H and O–H groups in total. The zero-order valence-corrected chi connectivity index (χ0v) is 8.55. The van der Waals surface area contributed by atoms with Gasteiger partial charge in [0.15, 0.2) is 0 Å². The average molecular weight is 185 g/mol. The second kappa shape index (κ2) is 4.09. The van der Waals surface area contributed by atoms with Crippen LogP contribution in [0.2, 0.25) is 0 Å². The maximum Gasteiger partial charge on any atom is 0.303 e. The van der Waals surface area contributed by atoms with Gasteiger partial charge in [-0.3, -0.25) is 4.79 Å². The Morgan fingerprint density at radius 2 is 2.00 bits per heavy atom. The number of aliphatic carboxylic acids is 1. The Morgan fingerprint density at radius 1 is 1.46 bits per heavy atom. The van der Waals surface area contributed by atoms with Crippen molar-refractivity contribution < 1.29 is 9.90 Å². The number of nitrogens with zero attached hydrogens (tertiary/aromatic N) is 1. The lowest BCUT2D eigenvalue weighted by molar-refractivity contribution is -0.140. The molecule has 1 aliphatic rings. The number of hydrogen-bond acceptors (Lipinski definition) is 2. The van der Waals surface area contributed by atoms with Gasteiger partial charge in [-0.05, 0) is 37.9 Å². The first-order valence-corrected chi connectivity index (χ1v) is 5.00. The average Bonchev–Trinajstić information content (AvgIpc) is 2.04. The molecule has 0 aliphatic carbocycles. The third-order valence-corrected chi connectivity index (χ3v) is 3.09. The first kappa shape index (κ1) is 10.5. The van der Waals surface area contributed by atoms with E-state index in [1.807, 2.05) is 0 Å². The van der Waals surface area contributed by atoms with Crippen molar-refractivity contribution in [2.75, 3.05) is 19.6 Å². The number of carbonyl (C=O) groups is 1. The van der Waals surface area contributed by atoms with Crippen molar-refractivity contribution >= 4 is 5.97 Å². The monoisotopic (exact) mass is 185 g/mol. The number of carboxylic acids is 1. The maximum absolute atomic E-state index is 10.6. The summed E-state index contributed by atoms with van der Waals surface area (Å²) < 4.78 is 0. The summed E-state index contributed by atoms with van der Waals surface area (Å²) in [4.78, 5) is 13.0. The van der Waals surface area contributed by atoms with Crippen LogP contribution in [0.25, 0.3) is 0 Å². The molecule has 0 amide bonds. The molecule has 0 spiro atoms. The van der Waals surface area contributed by atoms with Crippen molar-refractivity contribution in [1.82, 2.24) is 4.90 Å². The van der Waals surface area contributed by atoms with Crippen molar-refractivity contribution in [2.24, 2.45) is 5.41 Å². The predicted octanol–water partition coefficient (Wildman–Crippen LogP) is 1.58. The van der Waals surface area contributed by atoms with Gasteiger partial charge in [0.05, 0.1) is 6.42 Å². The van der Waals surface area contributed by atoms with Crippen LogP contribution in [0.3, 0.4) is 0 Å². The highest BCUT2D eigenvalue weighted by Crippen LogP contribution is 2.33. The van der Waals surface area contributed by atoms with Gasteiger partial charge in [0.2, 0.25) is 0 Å². The molecule has 1 aliphatic heterocycles. The Morgan fingerprint density at radius 3 is 2.38 bits per heavy atom. The molecule has 0 aromatic heterocycles. The second-order valence-electron chi connectivity index (χ2n) is 4.32. The fraction of sp³-hybridized carbons (Fsp3) is 0.900. The molecule has 1 saturated heterocycles. The van der Waals surface area contributed by atoms with Crippen molar-refractivity contribution in [3.63, 3.8) is 0 Å². The fourth-order valence-electron chi connectivity index (χ4n) is 1.95. The Kier molecular flexibility index (Phi) is 3.31. The summed E-state index contributed by atoms with van der Waals surface area (Å²) in [6.07, 6.45) is 2.37. The van der Waals surface area contributed by atoms with E-state index < -0.39 is 5.97 Å². The van der Waals surface area contributed by atoms with Crippen molar-refractivity contribution in [2.45, 2.75) is 33.1 Å². The maximum atomic E-state index is 10.6. The van der Waals surface area contributed by atoms with Gasteiger partial charge in [-0.25, -0.2) is 0 Å². The standard InChI is InChI=1S/C10H19NO2/c1-3-11-6-4-10(2,5-7-11)8-9(12)13/h3-8H2,1-2H3,(H,12,13). The first-order valence-electron chi connectivity index (χ1n) is 5.00. The summed E-state index contributed by atoms with van der Waals surface area (Å²) in [5.74, 6) is -0.660. The van der Waals surface area contributed by atoms with E-state index in [0.29, 0.717) is 6.42 Å². The number of rotatable bonds is 3. The molecule has 1 fully saturated rings. The molecule has 0 radical (unpaired) electrons. The van der Waals surface area contributed by atoms with E-state index in [1.165, 1.54) is 0 Å². The third-order valence-electron chi connectivity index (χ3n) is 3.09. The first-order chi connectivity index (χ1) is 6.06. The number of likely N-dealkylation sites (tertiary alicyclic amines) is 1. The summed E-state index contributed by atoms with van der Waals surface area (Å²) in [5, 5.41) is 8.74. The summed E-state index contributed by atoms with van der Waals surface area (Å²) in [5.41, 5.74) is 0.0392. The normalized spacial score (nSPS) is 22.9. The summed E-state index contributed by atoms with van der Waals surface area (Å²) in [6.45, 7) is 7.44. The third kappa shape index (κ3) is 2.99. The summed E-state index contributed by atoms with van der Waals surface area (Å²) in [6, 6.07) is 0. The molecule has 3 nitrogen and oxygen atoms in total. The number of hydrogen-bond donors (Lipinski definition) is 1. The van der Waals surface area contributed by atoms with E-state index in [-0.39, 0.29) is 5.41 Å². The number of piperidine rings is 1. The molecule has 0 unspecified atom stereocenters. The molecule has 0 aromatic rings. The van der Waals surface area contributed by atoms with Crippen molar-refractivity contribution in [3.8, 4) is 0 Å². The summed E-state index contributed by atoms with van der Waals surface area (Å²) in [7, 11) is 0.